The van der Waals surface area contributed by atoms with Gasteiger partial charge >= 0.3 is 5.63 Å². The summed E-state index contributed by atoms with van der Waals surface area (Å²) in [6, 6.07) is 20.8. The molecule has 138 valence electrons. The minimum atomic E-state index is -0.686. The van der Waals surface area contributed by atoms with Gasteiger partial charge in [-0.1, -0.05) is 41.9 Å². The zero-order chi connectivity index (χ0) is 19.7. The highest BCUT2D eigenvalue weighted by Gasteiger charge is 2.23. The number of hydrogen-bond donors (Lipinski definition) is 0. The SMILES string of the molecule is COc1ccc(C(=O)c2c(-c3ccccc3)c3cc(Cl)ccc3oc2=O)cc1. The zero-order valence-corrected chi connectivity index (χ0v) is 15.7. The van der Waals surface area contributed by atoms with Gasteiger partial charge in [-0.25, -0.2) is 4.79 Å². The number of fused-ring (bicyclic) bond motifs is 1. The molecule has 28 heavy (non-hydrogen) atoms. The smallest absolute Gasteiger partial charge is 0.348 e. The molecule has 0 unspecified atom stereocenters. The lowest BCUT2D eigenvalue weighted by Crippen LogP contribution is -2.17. The molecule has 0 fully saturated rings. The molecule has 0 radical (unpaired) electrons. The molecule has 0 aliphatic carbocycles. The Hall–Kier alpha value is -3.37. The minimum absolute atomic E-state index is 0.0221. The highest BCUT2D eigenvalue weighted by molar-refractivity contribution is 6.31. The van der Waals surface area contributed by atoms with E-state index in [0.29, 0.717) is 32.9 Å². The summed E-state index contributed by atoms with van der Waals surface area (Å²) in [5.74, 6) is 0.203. The maximum atomic E-state index is 13.3. The van der Waals surface area contributed by atoms with Crippen LogP contribution in [0, 0.1) is 0 Å². The van der Waals surface area contributed by atoms with Gasteiger partial charge in [-0.2, -0.15) is 0 Å². The van der Waals surface area contributed by atoms with Gasteiger partial charge in [-0.15, -0.1) is 0 Å². The first kappa shape index (κ1) is 18.0. The molecule has 0 atom stereocenters. The van der Waals surface area contributed by atoms with E-state index in [1.165, 1.54) is 0 Å². The highest BCUT2D eigenvalue weighted by atomic mass is 35.5. The first-order chi connectivity index (χ1) is 13.6. The molecule has 1 aromatic heterocycles. The third-order valence-corrected chi connectivity index (χ3v) is 4.74. The van der Waals surface area contributed by atoms with Crippen LogP contribution in [-0.2, 0) is 0 Å². The Kier molecular flexibility index (Phi) is 4.72. The largest absolute Gasteiger partial charge is 0.497 e. The molecule has 4 aromatic rings. The van der Waals surface area contributed by atoms with Crippen molar-refractivity contribution in [2.45, 2.75) is 0 Å². The average molecular weight is 391 g/mol. The van der Waals surface area contributed by atoms with Gasteiger partial charge in [-0.3, -0.25) is 4.79 Å². The van der Waals surface area contributed by atoms with Gasteiger partial charge in [0.25, 0.3) is 0 Å². The molecule has 0 spiro atoms. The van der Waals surface area contributed by atoms with Gasteiger partial charge in [0.2, 0.25) is 5.78 Å². The predicted molar refractivity (Wildman–Crippen MR) is 109 cm³/mol. The molecule has 1 heterocycles. The lowest BCUT2D eigenvalue weighted by molar-refractivity contribution is 0.103. The van der Waals surface area contributed by atoms with E-state index in [9.17, 15) is 9.59 Å². The summed E-state index contributed by atoms with van der Waals surface area (Å²) in [7, 11) is 1.55. The number of ether oxygens (including phenoxy) is 1. The predicted octanol–water partition coefficient (Wildman–Crippen LogP) is 5.35. The molecular formula is C23H15ClO4. The van der Waals surface area contributed by atoms with Crippen LogP contribution in [0.4, 0.5) is 0 Å². The van der Waals surface area contributed by atoms with Crippen molar-refractivity contribution in [3.63, 3.8) is 0 Å². The summed E-state index contributed by atoms with van der Waals surface area (Å²) in [6.45, 7) is 0. The lowest BCUT2D eigenvalue weighted by Gasteiger charge is -2.12. The number of benzene rings is 3. The second kappa shape index (κ2) is 7.33. The number of halogens is 1. The number of carbonyl (C=O) groups excluding carboxylic acids is 1. The summed E-state index contributed by atoms with van der Waals surface area (Å²) in [5, 5.41) is 1.09. The molecule has 0 saturated heterocycles. The lowest BCUT2D eigenvalue weighted by atomic mass is 9.92. The van der Waals surface area contributed by atoms with Gasteiger partial charge in [-0.05, 0) is 48.0 Å². The summed E-state index contributed by atoms with van der Waals surface area (Å²) in [4.78, 5) is 26.1. The molecule has 0 bridgehead atoms. The fourth-order valence-electron chi connectivity index (χ4n) is 3.17. The molecule has 0 saturated carbocycles. The van der Waals surface area contributed by atoms with Crippen LogP contribution in [0.15, 0.2) is 82.0 Å². The van der Waals surface area contributed by atoms with Gasteiger partial charge in [0.15, 0.2) is 0 Å². The van der Waals surface area contributed by atoms with E-state index in [0.717, 1.165) is 5.56 Å². The first-order valence-corrected chi connectivity index (χ1v) is 8.97. The van der Waals surface area contributed by atoms with Gasteiger partial charge in [0.1, 0.15) is 16.9 Å². The number of carbonyl (C=O) groups is 1. The summed E-state index contributed by atoms with van der Waals surface area (Å²) in [5.41, 5.74) is 1.28. The van der Waals surface area contributed by atoms with E-state index >= 15 is 0 Å². The minimum Gasteiger partial charge on any atom is -0.497 e. The molecule has 0 aliphatic rings. The van der Waals surface area contributed by atoms with Crippen molar-refractivity contribution in [3.8, 4) is 16.9 Å². The average Bonchev–Trinajstić information content (AvgIpc) is 2.73. The van der Waals surface area contributed by atoms with Crippen molar-refractivity contribution in [1.29, 1.82) is 0 Å². The maximum absolute atomic E-state index is 13.3. The summed E-state index contributed by atoms with van der Waals surface area (Å²) >= 11 is 6.18. The van der Waals surface area contributed by atoms with Crippen LogP contribution < -0.4 is 10.4 Å². The zero-order valence-electron chi connectivity index (χ0n) is 14.9. The number of methoxy groups -OCH3 is 1. The van der Waals surface area contributed by atoms with Crippen LogP contribution in [0.1, 0.15) is 15.9 Å². The molecule has 0 aliphatic heterocycles. The van der Waals surface area contributed by atoms with Crippen molar-refractivity contribution in [3.05, 3.63) is 99.4 Å². The van der Waals surface area contributed by atoms with Crippen LogP contribution in [-0.4, -0.2) is 12.9 Å². The van der Waals surface area contributed by atoms with Crippen LogP contribution in [0.25, 0.3) is 22.1 Å². The van der Waals surface area contributed by atoms with Crippen LogP contribution >= 0.6 is 11.6 Å². The first-order valence-electron chi connectivity index (χ1n) is 8.59. The van der Waals surface area contributed by atoms with Crippen molar-refractivity contribution in [1.82, 2.24) is 0 Å². The number of ketones is 1. The number of rotatable bonds is 4. The van der Waals surface area contributed by atoms with Gasteiger partial charge in [0, 0.05) is 21.5 Å². The van der Waals surface area contributed by atoms with Crippen molar-refractivity contribution in [2.24, 2.45) is 0 Å². The Morgan fingerprint density at radius 3 is 2.36 bits per heavy atom. The Morgan fingerprint density at radius 1 is 0.964 bits per heavy atom. The molecule has 0 amide bonds. The third kappa shape index (κ3) is 3.19. The van der Waals surface area contributed by atoms with Crippen LogP contribution in [0.5, 0.6) is 5.75 Å². The summed E-state index contributed by atoms with van der Waals surface area (Å²) < 4.78 is 10.6. The Balaban J connectivity index is 2.03. The molecule has 4 nitrogen and oxygen atoms in total. The van der Waals surface area contributed by atoms with E-state index < -0.39 is 11.4 Å². The Labute approximate surface area is 166 Å². The summed E-state index contributed by atoms with van der Waals surface area (Å²) in [6.07, 6.45) is 0. The van der Waals surface area contributed by atoms with E-state index in [-0.39, 0.29) is 5.56 Å². The topological polar surface area (TPSA) is 56.5 Å². The Bertz CT molecular complexity index is 1230. The Morgan fingerprint density at radius 2 is 1.68 bits per heavy atom. The van der Waals surface area contributed by atoms with E-state index in [1.54, 1.807) is 49.6 Å². The molecule has 0 N–H and O–H groups in total. The molecule has 5 heteroatoms. The van der Waals surface area contributed by atoms with Crippen molar-refractivity contribution in [2.75, 3.05) is 7.11 Å². The molecule has 3 aromatic carbocycles. The van der Waals surface area contributed by atoms with Gasteiger partial charge < -0.3 is 9.15 Å². The highest BCUT2D eigenvalue weighted by Crippen LogP contribution is 2.33. The molecule has 4 rings (SSSR count). The fourth-order valence-corrected chi connectivity index (χ4v) is 3.34. The van der Waals surface area contributed by atoms with E-state index in [1.807, 2.05) is 30.3 Å². The normalized spacial score (nSPS) is 10.8. The number of hydrogen-bond acceptors (Lipinski definition) is 4. The van der Waals surface area contributed by atoms with Crippen LogP contribution in [0.3, 0.4) is 0 Å². The standard InChI is InChI=1S/C23H15ClO4/c1-27-17-10-7-15(8-11-17)22(25)21-20(14-5-3-2-4-6-14)18-13-16(24)9-12-19(18)28-23(21)26/h2-13H,1H3. The van der Waals surface area contributed by atoms with Crippen LogP contribution in [0.2, 0.25) is 5.02 Å². The quantitative estimate of drug-likeness (QED) is 0.348. The second-order valence-electron chi connectivity index (χ2n) is 6.20. The third-order valence-electron chi connectivity index (χ3n) is 4.51. The second-order valence-corrected chi connectivity index (χ2v) is 6.64. The van der Waals surface area contributed by atoms with Gasteiger partial charge in [0.05, 0.1) is 7.11 Å². The molecular weight excluding hydrogens is 376 g/mol. The monoisotopic (exact) mass is 390 g/mol. The van der Waals surface area contributed by atoms with Crippen molar-refractivity contribution < 1.29 is 13.9 Å². The maximum Gasteiger partial charge on any atom is 0.348 e. The van der Waals surface area contributed by atoms with E-state index in [2.05, 4.69) is 0 Å². The van der Waals surface area contributed by atoms with Crippen molar-refractivity contribution >= 4 is 28.4 Å². The van der Waals surface area contributed by atoms with E-state index in [4.69, 9.17) is 20.8 Å². The fraction of sp³-hybridized carbons (Fsp3) is 0.0435.